The number of nitrogens with one attached hydrogen (secondary N) is 1. The van der Waals surface area contributed by atoms with Crippen LogP contribution in [0.25, 0.3) is 10.8 Å². The molecule has 0 aliphatic carbocycles. The van der Waals surface area contributed by atoms with Crippen LogP contribution >= 0.6 is 0 Å². The molecule has 0 saturated heterocycles. The van der Waals surface area contributed by atoms with Gasteiger partial charge in [-0.25, -0.2) is 0 Å². The molecule has 0 fully saturated rings. The standard InChI is InChI=1S/C23H32N2O4/c1-5-6-7-8-9-21(29-15-14-16(2)3)18-11-10-17-19(24-26)12-13-20(25-27)22(17)23(18)28-4/h10-14,21,25,27H,5-9,15H2,1-4H3. The lowest BCUT2D eigenvalue weighted by Crippen LogP contribution is -2.08. The van der Waals surface area contributed by atoms with Gasteiger partial charge in [0, 0.05) is 10.9 Å². The zero-order chi connectivity index (χ0) is 21.2. The molecule has 2 N–H and O–H groups in total. The van der Waals surface area contributed by atoms with Crippen LogP contribution in [-0.2, 0) is 4.74 Å². The Hall–Kier alpha value is -2.44. The highest BCUT2D eigenvalue weighted by Gasteiger charge is 2.21. The van der Waals surface area contributed by atoms with Crippen molar-refractivity contribution in [3.05, 3.63) is 46.4 Å². The van der Waals surface area contributed by atoms with Gasteiger partial charge in [0.15, 0.2) is 0 Å². The lowest BCUT2D eigenvalue weighted by atomic mass is 9.96. The maximum absolute atomic E-state index is 11.2. The molecule has 0 aliphatic rings. The molecule has 0 spiro atoms. The Morgan fingerprint density at radius 2 is 2.00 bits per heavy atom. The SMILES string of the molecule is CCCCCCC(OCC=C(C)C)c1ccc2c(N=O)ccc(NO)c2c1OC. The van der Waals surface area contributed by atoms with Crippen LogP contribution in [0, 0.1) is 4.91 Å². The van der Waals surface area contributed by atoms with E-state index in [2.05, 4.69) is 23.7 Å². The zero-order valence-corrected chi connectivity index (χ0v) is 17.8. The minimum atomic E-state index is -0.152. The van der Waals surface area contributed by atoms with Crippen LogP contribution in [0.4, 0.5) is 11.4 Å². The van der Waals surface area contributed by atoms with Gasteiger partial charge in [0.1, 0.15) is 11.4 Å². The molecule has 6 heteroatoms. The number of ether oxygens (including phenoxy) is 2. The van der Waals surface area contributed by atoms with E-state index >= 15 is 0 Å². The van der Waals surface area contributed by atoms with E-state index in [1.807, 2.05) is 26.0 Å². The average Bonchev–Trinajstić information content (AvgIpc) is 2.73. The van der Waals surface area contributed by atoms with Gasteiger partial charge in [0.2, 0.25) is 0 Å². The molecule has 0 bridgehead atoms. The third kappa shape index (κ3) is 5.78. The summed E-state index contributed by atoms with van der Waals surface area (Å²) in [6.07, 6.45) is 7.35. The number of unbranched alkanes of at least 4 members (excludes halogenated alkanes) is 3. The van der Waals surface area contributed by atoms with Gasteiger partial charge >= 0.3 is 0 Å². The zero-order valence-electron chi connectivity index (χ0n) is 17.8. The van der Waals surface area contributed by atoms with Gasteiger partial charge in [-0.05, 0) is 37.6 Å². The quantitative estimate of drug-likeness (QED) is 0.173. The molecule has 6 nitrogen and oxygen atoms in total. The molecular weight excluding hydrogens is 368 g/mol. The molecule has 2 aromatic rings. The molecule has 0 aromatic heterocycles. The Bertz CT molecular complexity index is 844. The fourth-order valence-corrected chi connectivity index (χ4v) is 3.48. The number of allylic oxidation sites excluding steroid dienone is 1. The molecule has 0 saturated carbocycles. The lowest BCUT2D eigenvalue weighted by Gasteiger charge is -2.22. The number of nitroso groups, excluding NO2 is 1. The molecule has 1 unspecified atom stereocenters. The van der Waals surface area contributed by atoms with Crippen LogP contribution in [0.15, 0.2) is 41.1 Å². The molecule has 0 radical (unpaired) electrons. The van der Waals surface area contributed by atoms with E-state index in [4.69, 9.17) is 9.47 Å². The van der Waals surface area contributed by atoms with Crippen molar-refractivity contribution in [2.75, 3.05) is 19.2 Å². The molecule has 2 rings (SSSR count). The van der Waals surface area contributed by atoms with E-state index in [1.165, 1.54) is 18.4 Å². The number of nitrogens with zero attached hydrogens (tertiary/aromatic N) is 1. The summed E-state index contributed by atoms with van der Waals surface area (Å²) in [5.41, 5.74) is 5.07. The third-order valence-corrected chi connectivity index (χ3v) is 5.02. The number of rotatable bonds is 12. The van der Waals surface area contributed by atoms with Crippen LogP contribution in [0.5, 0.6) is 5.75 Å². The average molecular weight is 401 g/mol. The van der Waals surface area contributed by atoms with Gasteiger partial charge in [-0.3, -0.25) is 10.7 Å². The molecule has 158 valence electrons. The largest absolute Gasteiger partial charge is 0.496 e. The van der Waals surface area contributed by atoms with Crippen molar-refractivity contribution in [1.29, 1.82) is 0 Å². The van der Waals surface area contributed by atoms with E-state index in [0.717, 1.165) is 24.8 Å². The Morgan fingerprint density at radius 3 is 2.62 bits per heavy atom. The summed E-state index contributed by atoms with van der Waals surface area (Å²) in [5, 5.41) is 13.9. The van der Waals surface area contributed by atoms with Crippen molar-refractivity contribution in [1.82, 2.24) is 0 Å². The number of hydrogen-bond acceptors (Lipinski definition) is 6. The van der Waals surface area contributed by atoms with Gasteiger partial charge in [-0.15, -0.1) is 4.91 Å². The monoisotopic (exact) mass is 400 g/mol. The van der Waals surface area contributed by atoms with E-state index in [0.29, 0.717) is 34.5 Å². The predicted octanol–water partition coefficient (Wildman–Crippen LogP) is 7.04. The minimum Gasteiger partial charge on any atom is -0.496 e. The molecule has 0 aliphatic heterocycles. The maximum atomic E-state index is 11.2. The highest BCUT2D eigenvalue weighted by molar-refractivity contribution is 6.05. The first-order chi connectivity index (χ1) is 14.1. The number of benzene rings is 2. The Balaban J connectivity index is 2.51. The summed E-state index contributed by atoms with van der Waals surface area (Å²) in [7, 11) is 1.59. The van der Waals surface area contributed by atoms with Gasteiger partial charge in [0.25, 0.3) is 0 Å². The first-order valence-electron chi connectivity index (χ1n) is 10.2. The Labute approximate surface area is 172 Å². The summed E-state index contributed by atoms with van der Waals surface area (Å²) >= 11 is 0. The van der Waals surface area contributed by atoms with Gasteiger partial charge in [0.05, 0.1) is 30.9 Å². The molecule has 0 heterocycles. The molecular formula is C23H32N2O4. The maximum Gasteiger partial charge on any atom is 0.134 e. The van der Waals surface area contributed by atoms with Crippen molar-refractivity contribution >= 4 is 22.1 Å². The molecule has 0 amide bonds. The van der Waals surface area contributed by atoms with E-state index < -0.39 is 0 Å². The number of fused-ring (bicyclic) bond motifs is 1. The smallest absolute Gasteiger partial charge is 0.134 e. The van der Waals surface area contributed by atoms with Crippen LogP contribution < -0.4 is 10.2 Å². The Kier molecular flexibility index (Phi) is 9.09. The molecule has 29 heavy (non-hydrogen) atoms. The number of hydrogen-bond donors (Lipinski definition) is 2. The minimum absolute atomic E-state index is 0.152. The Morgan fingerprint density at radius 1 is 1.21 bits per heavy atom. The second-order valence-electron chi connectivity index (χ2n) is 7.40. The van der Waals surface area contributed by atoms with E-state index in [9.17, 15) is 10.1 Å². The van der Waals surface area contributed by atoms with Crippen molar-refractivity contribution < 1.29 is 14.7 Å². The van der Waals surface area contributed by atoms with Gasteiger partial charge in [-0.2, -0.15) is 0 Å². The predicted molar refractivity (Wildman–Crippen MR) is 118 cm³/mol. The van der Waals surface area contributed by atoms with Crippen molar-refractivity contribution in [3.63, 3.8) is 0 Å². The third-order valence-electron chi connectivity index (χ3n) is 5.02. The van der Waals surface area contributed by atoms with Crippen LogP contribution in [-0.4, -0.2) is 18.9 Å². The fraction of sp³-hybridized carbons (Fsp3) is 0.478. The summed E-state index contributed by atoms with van der Waals surface area (Å²) in [4.78, 5) is 11.2. The summed E-state index contributed by atoms with van der Waals surface area (Å²) < 4.78 is 12.0. The summed E-state index contributed by atoms with van der Waals surface area (Å²) in [5.74, 6) is 0.585. The highest BCUT2D eigenvalue weighted by Crippen LogP contribution is 2.43. The summed E-state index contributed by atoms with van der Waals surface area (Å²) in [6.45, 7) is 6.80. The van der Waals surface area contributed by atoms with Gasteiger partial charge < -0.3 is 9.47 Å². The van der Waals surface area contributed by atoms with E-state index in [1.54, 1.807) is 19.2 Å². The first-order valence-corrected chi connectivity index (χ1v) is 10.2. The number of methoxy groups -OCH3 is 1. The van der Waals surface area contributed by atoms with Crippen LogP contribution in [0.2, 0.25) is 0 Å². The highest BCUT2D eigenvalue weighted by atomic mass is 16.5. The van der Waals surface area contributed by atoms with Gasteiger partial charge in [-0.1, -0.05) is 56.4 Å². The normalized spacial score (nSPS) is 11.9. The van der Waals surface area contributed by atoms with Crippen LogP contribution in [0.3, 0.4) is 0 Å². The topological polar surface area (TPSA) is 80.2 Å². The fourth-order valence-electron chi connectivity index (χ4n) is 3.48. The van der Waals surface area contributed by atoms with Crippen LogP contribution in [0.1, 0.15) is 64.5 Å². The van der Waals surface area contributed by atoms with Crippen molar-refractivity contribution in [2.45, 2.75) is 59.0 Å². The molecule has 2 aromatic carbocycles. The first kappa shape index (κ1) is 22.8. The lowest BCUT2D eigenvalue weighted by molar-refractivity contribution is 0.0633. The summed E-state index contributed by atoms with van der Waals surface area (Å²) in [6, 6.07) is 6.96. The van der Waals surface area contributed by atoms with E-state index in [-0.39, 0.29) is 6.10 Å². The number of anilines is 1. The second kappa shape index (κ2) is 11.5. The second-order valence-corrected chi connectivity index (χ2v) is 7.40. The van der Waals surface area contributed by atoms with Crippen molar-refractivity contribution in [3.8, 4) is 5.75 Å². The molecule has 1 atom stereocenters. The van der Waals surface area contributed by atoms with Crippen molar-refractivity contribution in [2.24, 2.45) is 5.18 Å².